The van der Waals surface area contributed by atoms with Gasteiger partial charge in [0.15, 0.2) is 5.76 Å². The Morgan fingerprint density at radius 1 is 1.17 bits per heavy atom. The van der Waals surface area contributed by atoms with Gasteiger partial charge in [0, 0.05) is 31.8 Å². The van der Waals surface area contributed by atoms with E-state index in [1.54, 1.807) is 6.92 Å². The Morgan fingerprint density at radius 2 is 1.88 bits per heavy atom. The van der Waals surface area contributed by atoms with Crippen molar-refractivity contribution in [2.45, 2.75) is 57.6 Å². The minimum atomic E-state index is -3.93. The molecule has 12 heteroatoms. The number of hydrogen-bond acceptors (Lipinski definition) is 8. The topological polar surface area (TPSA) is 134 Å². The fourth-order valence-electron chi connectivity index (χ4n) is 6.23. The monoisotopic (exact) mass is 593 g/mol. The zero-order chi connectivity index (χ0) is 29.6. The second-order valence-electron chi connectivity index (χ2n) is 11.3. The van der Waals surface area contributed by atoms with Crippen LogP contribution in [0, 0.1) is 12.3 Å². The molecule has 1 aromatic carbocycles. The van der Waals surface area contributed by atoms with Gasteiger partial charge in [-0.3, -0.25) is 10.1 Å². The van der Waals surface area contributed by atoms with Crippen molar-refractivity contribution in [3.8, 4) is 0 Å². The van der Waals surface area contributed by atoms with Crippen molar-refractivity contribution in [1.29, 1.82) is 0 Å². The molecule has 11 nitrogen and oxygen atoms in total. The highest BCUT2D eigenvalue weighted by Crippen LogP contribution is 2.60. The number of carbonyl (C=O) groups is 2. The van der Waals surface area contributed by atoms with Gasteiger partial charge >= 0.3 is 16.3 Å². The summed E-state index contributed by atoms with van der Waals surface area (Å²) in [6.07, 6.45) is 9.56. The highest BCUT2D eigenvalue weighted by Gasteiger charge is 2.64. The zero-order valence-corrected chi connectivity index (χ0v) is 24.7. The molecule has 2 saturated heterocycles. The second-order valence-corrected chi connectivity index (χ2v) is 13.0. The Kier molecular flexibility index (Phi) is 7.22. The maximum atomic E-state index is 13.1. The average Bonchev–Trinajstić information content (AvgIpc) is 3.71. The number of aryl methyl sites for hydroxylation is 1. The number of nitrogens with one attached hydrogen (secondary N) is 2. The number of piperidine rings is 1. The number of fused-ring (bicyclic) bond motifs is 2. The maximum absolute atomic E-state index is 13.1. The molecule has 3 heterocycles. The molecule has 42 heavy (non-hydrogen) atoms. The Hall–Kier alpha value is -3.90. The molecule has 1 saturated carbocycles. The van der Waals surface area contributed by atoms with Gasteiger partial charge in [-0.15, -0.1) is 0 Å². The van der Waals surface area contributed by atoms with E-state index in [0.717, 1.165) is 47.1 Å². The van der Waals surface area contributed by atoms with Crippen LogP contribution in [0.5, 0.6) is 0 Å². The van der Waals surface area contributed by atoms with Gasteiger partial charge in [-0.1, -0.05) is 47.6 Å². The van der Waals surface area contributed by atoms with Crippen molar-refractivity contribution in [2.24, 2.45) is 5.41 Å². The van der Waals surface area contributed by atoms with E-state index in [1.165, 1.54) is 7.05 Å². The number of hydrogen-bond donors (Lipinski definition) is 2. The number of aromatic nitrogens is 1. The van der Waals surface area contributed by atoms with Gasteiger partial charge in [-0.25, -0.2) is 13.8 Å². The summed E-state index contributed by atoms with van der Waals surface area (Å²) in [5.41, 5.74) is 3.15. The summed E-state index contributed by atoms with van der Waals surface area (Å²) in [7, 11) is -2.60. The summed E-state index contributed by atoms with van der Waals surface area (Å²) in [6, 6.07) is 8.91. The van der Waals surface area contributed by atoms with Crippen LogP contribution in [0.25, 0.3) is 0 Å². The van der Waals surface area contributed by atoms with Gasteiger partial charge < -0.3 is 14.2 Å². The highest BCUT2D eigenvalue weighted by molar-refractivity contribution is 7.87. The molecule has 2 atom stereocenters. The molecule has 222 valence electrons. The van der Waals surface area contributed by atoms with Crippen LogP contribution in [-0.4, -0.2) is 61.0 Å². The summed E-state index contributed by atoms with van der Waals surface area (Å²) < 4.78 is 40.0. The summed E-state index contributed by atoms with van der Waals surface area (Å²) in [5.74, 6) is 0.349. The Morgan fingerprint density at radius 3 is 2.55 bits per heavy atom. The van der Waals surface area contributed by atoms with Crippen molar-refractivity contribution in [2.75, 3.05) is 25.5 Å². The number of ether oxygens (including phenoxy) is 1. The third-order valence-electron chi connectivity index (χ3n) is 8.78. The molecule has 4 aliphatic rings. The number of amides is 2. The Labute approximate surface area is 245 Å². The van der Waals surface area contributed by atoms with Crippen molar-refractivity contribution in [1.82, 2.24) is 19.1 Å². The number of nitrogens with zero attached hydrogens (tertiary/aromatic N) is 3. The smallest absolute Gasteiger partial charge is 0.412 e. The predicted molar refractivity (Wildman–Crippen MR) is 155 cm³/mol. The van der Waals surface area contributed by atoms with Gasteiger partial charge in [-0.05, 0) is 62.8 Å². The standard InChI is InChI=1S/C30H35N5O6S/c1-19-26(32-29(37)40-20(2)21-7-5-4-6-8-21)27(41-33-19)22-13-17-34(18-14-22)23-9-11-24-25(12-10-23)35(42(38,39)31-3)28(36)30(24)15-16-30/h4-12,20,22,25,31H,13-18H2,1-3H3,(H,32,37)/t20-,25?/m1/s1. The first-order valence-corrected chi connectivity index (χ1v) is 15.7. The predicted octanol–water partition coefficient (Wildman–Crippen LogP) is 4.31. The van der Waals surface area contributed by atoms with Crippen molar-refractivity contribution < 1.29 is 27.3 Å². The van der Waals surface area contributed by atoms with Gasteiger partial charge in [-0.2, -0.15) is 8.42 Å². The number of anilines is 1. The molecule has 2 amide bonds. The number of allylic oxidation sites excluding steroid dienone is 3. The normalized spacial score (nSPS) is 22.4. The van der Waals surface area contributed by atoms with Crippen molar-refractivity contribution in [3.05, 3.63) is 82.9 Å². The molecule has 2 N–H and O–H groups in total. The van der Waals surface area contributed by atoms with Crippen LogP contribution in [0.4, 0.5) is 10.5 Å². The van der Waals surface area contributed by atoms with Crippen LogP contribution >= 0.6 is 0 Å². The van der Waals surface area contributed by atoms with Gasteiger partial charge in [0.25, 0.3) is 0 Å². The molecular weight excluding hydrogens is 558 g/mol. The molecule has 1 aromatic heterocycles. The number of benzene rings is 1. The molecular formula is C30H35N5O6S. The average molecular weight is 594 g/mol. The van der Waals surface area contributed by atoms with Crippen LogP contribution < -0.4 is 10.0 Å². The molecule has 1 spiro atoms. The number of likely N-dealkylation sites (tertiary alicyclic amines) is 1. The molecule has 0 bridgehead atoms. The quantitative estimate of drug-likeness (QED) is 0.485. The second kappa shape index (κ2) is 10.7. The highest BCUT2D eigenvalue weighted by atomic mass is 32.2. The summed E-state index contributed by atoms with van der Waals surface area (Å²) in [4.78, 5) is 28.1. The van der Waals surface area contributed by atoms with Crippen LogP contribution in [-0.2, 0) is 19.7 Å². The van der Waals surface area contributed by atoms with Gasteiger partial charge in [0.2, 0.25) is 5.91 Å². The number of rotatable bonds is 7. The lowest BCUT2D eigenvalue weighted by Gasteiger charge is -2.33. The molecule has 2 aromatic rings. The van der Waals surface area contributed by atoms with Crippen molar-refractivity contribution >= 4 is 27.9 Å². The van der Waals surface area contributed by atoms with E-state index in [-0.39, 0.29) is 11.8 Å². The van der Waals surface area contributed by atoms with Gasteiger partial charge in [0.1, 0.15) is 17.5 Å². The van der Waals surface area contributed by atoms with E-state index in [1.807, 2.05) is 61.6 Å². The molecule has 3 fully saturated rings. The third kappa shape index (κ3) is 4.92. The minimum absolute atomic E-state index is 0.0565. The third-order valence-corrected chi connectivity index (χ3v) is 10.2. The first-order chi connectivity index (χ1) is 20.1. The summed E-state index contributed by atoms with van der Waals surface area (Å²) >= 11 is 0. The van der Waals surface area contributed by atoms with Gasteiger partial charge in [0.05, 0.1) is 11.5 Å². The lowest BCUT2D eigenvalue weighted by atomic mass is 9.92. The zero-order valence-electron chi connectivity index (χ0n) is 23.9. The summed E-state index contributed by atoms with van der Waals surface area (Å²) in [6.45, 7) is 5.07. The Bertz CT molecular complexity index is 1580. The lowest BCUT2D eigenvalue weighted by Crippen LogP contribution is -2.44. The molecule has 6 rings (SSSR count). The van der Waals surface area contributed by atoms with Crippen LogP contribution in [0.1, 0.15) is 61.6 Å². The summed E-state index contributed by atoms with van der Waals surface area (Å²) in [5, 5.41) is 6.97. The van der Waals surface area contributed by atoms with Crippen LogP contribution in [0.3, 0.4) is 0 Å². The minimum Gasteiger partial charge on any atom is -0.441 e. The first kappa shape index (κ1) is 28.2. The Balaban J connectivity index is 1.12. The van der Waals surface area contributed by atoms with Crippen LogP contribution in [0.15, 0.2) is 70.4 Å². The van der Waals surface area contributed by atoms with E-state index >= 15 is 0 Å². The molecule has 1 unspecified atom stereocenters. The van der Waals surface area contributed by atoms with E-state index in [9.17, 15) is 18.0 Å². The molecule has 2 aliphatic carbocycles. The van der Waals surface area contributed by atoms with E-state index in [0.29, 0.717) is 30.0 Å². The first-order valence-electron chi connectivity index (χ1n) is 14.3. The fourth-order valence-corrected chi connectivity index (χ4v) is 7.30. The fraction of sp³-hybridized carbons (Fsp3) is 0.433. The van der Waals surface area contributed by atoms with E-state index in [2.05, 4.69) is 20.1 Å². The largest absolute Gasteiger partial charge is 0.441 e. The number of carbonyl (C=O) groups excluding carboxylic acids is 2. The van der Waals surface area contributed by atoms with E-state index < -0.39 is 33.9 Å². The lowest BCUT2D eigenvalue weighted by molar-refractivity contribution is -0.128. The molecule has 0 radical (unpaired) electrons. The van der Waals surface area contributed by atoms with Crippen molar-refractivity contribution in [3.63, 3.8) is 0 Å². The molecule has 2 aliphatic heterocycles. The maximum Gasteiger partial charge on any atom is 0.412 e. The SMILES string of the molecule is CNS(=O)(=O)N1C(=O)C2(CC2)C2=CC=C(N3CCC(c4onc(C)c4NC(=O)O[C@H](C)c4ccccc4)CC3)C=CC21. The van der Waals surface area contributed by atoms with Crippen LogP contribution in [0.2, 0.25) is 0 Å². The van der Waals surface area contributed by atoms with E-state index in [4.69, 9.17) is 9.26 Å².